The molecule has 5 amide bonds. The first-order valence-electron chi connectivity index (χ1n) is 12.7. The van der Waals surface area contributed by atoms with Crippen LogP contribution in [0.15, 0.2) is 24.3 Å². The summed E-state index contributed by atoms with van der Waals surface area (Å²) in [5.41, 5.74) is 11.3. The zero-order chi connectivity index (χ0) is 31.4. The molecule has 0 radical (unpaired) electrons. The van der Waals surface area contributed by atoms with Crippen LogP contribution in [0.25, 0.3) is 0 Å². The van der Waals surface area contributed by atoms with Gasteiger partial charge < -0.3 is 53.2 Å². The normalized spacial score (nSPS) is 16.0. The molecule has 1 aromatic carbocycles. The fourth-order valence-corrected chi connectivity index (χ4v) is 3.51. The third-order valence-corrected chi connectivity index (χ3v) is 5.93. The lowest BCUT2D eigenvalue weighted by molar-refractivity contribution is -0.145. The molecule has 41 heavy (non-hydrogen) atoms. The Morgan fingerprint density at radius 2 is 1.27 bits per heavy atom. The fourth-order valence-electron chi connectivity index (χ4n) is 3.51. The quantitative estimate of drug-likeness (QED) is 0.0906. The van der Waals surface area contributed by atoms with Crippen LogP contribution in [0.3, 0.4) is 0 Å². The highest BCUT2D eigenvalue weighted by Crippen LogP contribution is 2.12. The van der Waals surface area contributed by atoms with Crippen LogP contribution in [0.5, 0.6) is 5.75 Å². The van der Waals surface area contributed by atoms with Gasteiger partial charge >= 0.3 is 5.97 Å². The number of amides is 5. The monoisotopic (exact) mass is 582 g/mol. The van der Waals surface area contributed by atoms with E-state index in [4.69, 9.17) is 11.5 Å². The highest BCUT2D eigenvalue weighted by molar-refractivity contribution is 5.97. The number of aliphatic carboxylic acids is 1. The van der Waals surface area contributed by atoms with Gasteiger partial charge in [-0.15, -0.1) is 0 Å². The molecule has 0 aliphatic rings. The predicted molar refractivity (Wildman–Crippen MR) is 143 cm³/mol. The van der Waals surface area contributed by atoms with Crippen molar-refractivity contribution in [3.63, 3.8) is 0 Å². The molecular weight excluding hydrogens is 544 g/mol. The number of aromatic hydroxyl groups is 1. The van der Waals surface area contributed by atoms with E-state index in [9.17, 15) is 49.2 Å². The second kappa shape index (κ2) is 16.1. The van der Waals surface area contributed by atoms with Crippen molar-refractivity contribution in [2.45, 2.75) is 82.5 Å². The van der Waals surface area contributed by atoms with E-state index in [0.717, 1.165) is 6.92 Å². The Hall–Kier alpha value is -4.28. The molecule has 0 aliphatic heterocycles. The van der Waals surface area contributed by atoms with E-state index in [-0.39, 0.29) is 18.6 Å². The second-order valence-electron chi connectivity index (χ2n) is 9.47. The highest BCUT2D eigenvalue weighted by Gasteiger charge is 2.34. The molecule has 0 bridgehead atoms. The molecule has 0 aromatic heterocycles. The molecule has 0 aliphatic carbocycles. The molecule has 16 nitrogen and oxygen atoms in total. The van der Waals surface area contributed by atoms with Gasteiger partial charge in [-0.3, -0.25) is 24.0 Å². The Kier molecular flexibility index (Phi) is 13.6. The van der Waals surface area contributed by atoms with Gasteiger partial charge in [0.25, 0.3) is 0 Å². The van der Waals surface area contributed by atoms with Gasteiger partial charge in [0, 0.05) is 6.42 Å². The molecular formula is C25H38N6O10. The van der Waals surface area contributed by atoms with Gasteiger partial charge in [-0.25, -0.2) is 4.79 Å². The summed E-state index contributed by atoms with van der Waals surface area (Å²) < 4.78 is 0. The average Bonchev–Trinajstić information content (AvgIpc) is 2.88. The molecule has 0 saturated heterocycles. The molecule has 1 rings (SSSR count). The average molecular weight is 583 g/mol. The van der Waals surface area contributed by atoms with Gasteiger partial charge in [0.05, 0.1) is 24.7 Å². The first kappa shape index (κ1) is 34.7. The maximum absolute atomic E-state index is 13.2. The van der Waals surface area contributed by atoms with Crippen LogP contribution in [0.2, 0.25) is 0 Å². The Labute approximate surface area is 235 Å². The van der Waals surface area contributed by atoms with Gasteiger partial charge in [0.15, 0.2) is 6.04 Å². The van der Waals surface area contributed by atoms with Crippen molar-refractivity contribution in [1.29, 1.82) is 0 Å². The summed E-state index contributed by atoms with van der Waals surface area (Å²) in [4.78, 5) is 74.5. The number of hydrogen-bond donors (Lipinski definition) is 10. The number of primary amides is 1. The number of carboxylic acids is 1. The van der Waals surface area contributed by atoms with Gasteiger partial charge in [-0.05, 0) is 38.0 Å². The third-order valence-electron chi connectivity index (χ3n) is 5.93. The van der Waals surface area contributed by atoms with Gasteiger partial charge in [0.1, 0.15) is 23.9 Å². The standard InChI is InChI=1S/C25H38N6O10/c1-4-15(26)21(36)30-19(11(2)32)24(39)29-17(10-18(27)35)22(37)28-16(9-13-5-7-14(34)8-6-13)23(38)31-20(12(3)33)25(40)41/h5-8,11-12,15-17,19-20,32-34H,4,9-10,26H2,1-3H3,(H2,27,35)(H,28,37)(H,29,39)(H,30,36)(H,31,38)(H,40,41)/t11-,12-,15+,16+,17+,19+,20+/m1/s1. The molecule has 0 fully saturated rings. The third kappa shape index (κ3) is 11.4. The van der Waals surface area contributed by atoms with Crippen LogP contribution in [-0.4, -0.2) is 98.3 Å². The number of carbonyl (C=O) groups is 6. The fraction of sp³-hybridized carbons (Fsp3) is 0.520. The van der Waals surface area contributed by atoms with E-state index in [1.807, 2.05) is 0 Å². The molecule has 16 heteroatoms. The lowest BCUT2D eigenvalue weighted by Crippen LogP contribution is -2.61. The molecule has 0 spiro atoms. The Balaban J connectivity index is 3.25. The lowest BCUT2D eigenvalue weighted by atomic mass is 10.0. The first-order valence-corrected chi connectivity index (χ1v) is 12.7. The van der Waals surface area contributed by atoms with Crippen molar-refractivity contribution in [2.24, 2.45) is 11.5 Å². The molecule has 12 N–H and O–H groups in total. The maximum Gasteiger partial charge on any atom is 0.328 e. The zero-order valence-corrected chi connectivity index (χ0v) is 22.9. The minimum absolute atomic E-state index is 0.0808. The van der Waals surface area contributed by atoms with Crippen LogP contribution >= 0.6 is 0 Å². The van der Waals surface area contributed by atoms with E-state index in [0.29, 0.717) is 5.56 Å². The Morgan fingerprint density at radius 3 is 1.73 bits per heavy atom. The van der Waals surface area contributed by atoms with Crippen molar-refractivity contribution in [3.8, 4) is 5.75 Å². The number of phenolic OH excluding ortho intramolecular Hbond substituents is 1. The topological polar surface area (TPSA) is 284 Å². The lowest BCUT2D eigenvalue weighted by Gasteiger charge is -2.27. The van der Waals surface area contributed by atoms with E-state index in [1.165, 1.54) is 31.2 Å². The van der Waals surface area contributed by atoms with Crippen molar-refractivity contribution in [2.75, 3.05) is 0 Å². The van der Waals surface area contributed by atoms with Crippen LogP contribution < -0.4 is 32.7 Å². The molecule has 1 aromatic rings. The number of aliphatic hydroxyl groups excluding tert-OH is 2. The predicted octanol–water partition coefficient (Wildman–Crippen LogP) is -3.67. The summed E-state index contributed by atoms with van der Waals surface area (Å²) in [6, 6.07) is -1.95. The van der Waals surface area contributed by atoms with E-state index < -0.39 is 84.3 Å². The summed E-state index contributed by atoms with van der Waals surface area (Å²) in [6.45, 7) is 3.96. The van der Waals surface area contributed by atoms with Crippen molar-refractivity contribution in [1.82, 2.24) is 21.3 Å². The highest BCUT2D eigenvalue weighted by atomic mass is 16.4. The number of carbonyl (C=O) groups excluding carboxylic acids is 5. The molecule has 0 heterocycles. The number of phenols is 1. The van der Waals surface area contributed by atoms with Gasteiger partial charge in [-0.2, -0.15) is 0 Å². The number of hydrogen-bond acceptors (Lipinski definition) is 10. The summed E-state index contributed by atoms with van der Waals surface area (Å²) >= 11 is 0. The summed E-state index contributed by atoms with van der Waals surface area (Å²) in [5, 5.41) is 47.6. The maximum atomic E-state index is 13.2. The van der Waals surface area contributed by atoms with Crippen molar-refractivity contribution >= 4 is 35.5 Å². The zero-order valence-electron chi connectivity index (χ0n) is 22.9. The SMILES string of the molecule is CC[C@H](N)C(=O)N[C@H](C(=O)N[C@@H](CC(N)=O)C(=O)N[C@@H](Cc1ccc(O)cc1)C(=O)N[C@H](C(=O)O)[C@@H](C)O)[C@@H](C)O. The second-order valence-corrected chi connectivity index (χ2v) is 9.47. The summed E-state index contributed by atoms with van der Waals surface area (Å²) in [5.74, 6) is -6.55. The molecule has 228 valence electrons. The number of benzene rings is 1. The Bertz CT molecular complexity index is 1090. The number of nitrogens with two attached hydrogens (primary N) is 2. The minimum atomic E-state index is -1.73. The van der Waals surface area contributed by atoms with Crippen molar-refractivity contribution in [3.05, 3.63) is 29.8 Å². The van der Waals surface area contributed by atoms with Crippen LogP contribution in [-0.2, 0) is 35.2 Å². The van der Waals surface area contributed by atoms with E-state index in [2.05, 4.69) is 21.3 Å². The molecule has 0 unspecified atom stereocenters. The largest absolute Gasteiger partial charge is 0.508 e. The van der Waals surface area contributed by atoms with Crippen LogP contribution in [0, 0.1) is 0 Å². The van der Waals surface area contributed by atoms with Gasteiger partial charge in [0.2, 0.25) is 29.5 Å². The van der Waals surface area contributed by atoms with Crippen LogP contribution in [0.4, 0.5) is 0 Å². The Morgan fingerprint density at radius 1 is 0.780 bits per heavy atom. The first-order chi connectivity index (χ1) is 19.1. The number of nitrogens with one attached hydrogen (secondary N) is 4. The van der Waals surface area contributed by atoms with Gasteiger partial charge in [-0.1, -0.05) is 19.1 Å². The number of rotatable bonds is 16. The number of aliphatic hydroxyl groups is 2. The molecule has 0 saturated carbocycles. The number of carboxylic acid groups (broad SMARTS) is 1. The smallest absolute Gasteiger partial charge is 0.328 e. The van der Waals surface area contributed by atoms with E-state index >= 15 is 0 Å². The van der Waals surface area contributed by atoms with E-state index in [1.54, 1.807) is 6.92 Å². The minimum Gasteiger partial charge on any atom is -0.508 e. The molecule has 7 atom stereocenters. The summed E-state index contributed by atoms with van der Waals surface area (Å²) in [6.07, 6.45) is -3.69. The van der Waals surface area contributed by atoms with Crippen molar-refractivity contribution < 1.29 is 49.2 Å². The van der Waals surface area contributed by atoms with Crippen LogP contribution in [0.1, 0.15) is 39.2 Å². The summed E-state index contributed by atoms with van der Waals surface area (Å²) in [7, 11) is 0.